The maximum absolute atomic E-state index is 12.8. The Balaban J connectivity index is 3.29. The molecule has 4 nitrogen and oxygen atoms in total. The number of ketones is 2. The van der Waals surface area contributed by atoms with Gasteiger partial charge in [0.1, 0.15) is 5.60 Å². The van der Waals surface area contributed by atoms with Gasteiger partial charge in [-0.3, -0.25) is 9.59 Å². The topological polar surface area (TPSA) is 46.6 Å². The zero-order chi connectivity index (χ0) is 18.9. The molecule has 0 radical (unpaired) electrons. The van der Waals surface area contributed by atoms with E-state index in [0.717, 1.165) is 13.0 Å². The molecule has 1 fully saturated rings. The molecule has 1 aliphatic heterocycles. The highest BCUT2D eigenvalue weighted by Crippen LogP contribution is 2.29. The van der Waals surface area contributed by atoms with E-state index in [1.165, 1.54) is 0 Å². The summed E-state index contributed by atoms with van der Waals surface area (Å²) in [5.74, 6) is 0.404. The van der Waals surface area contributed by atoms with Crippen molar-refractivity contribution in [2.75, 3.05) is 13.6 Å². The fourth-order valence-corrected chi connectivity index (χ4v) is 2.34. The molecule has 1 aliphatic rings. The lowest BCUT2D eigenvalue weighted by Crippen LogP contribution is -2.39. The average molecular weight is 335 g/mol. The molecule has 0 aliphatic carbocycles. The molecule has 24 heavy (non-hydrogen) atoms. The summed E-state index contributed by atoms with van der Waals surface area (Å²) in [5.41, 5.74) is -1.22. The van der Waals surface area contributed by atoms with Crippen LogP contribution in [0.5, 0.6) is 0 Å². The van der Waals surface area contributed by atoms with Crippen LogP contribution in [0.15, 0.2) is 23.6 Å². The zero-order valence-corrected chi connectivity index (χ0v) is 16.7. The molecule has 1 rings (SSSR count). The van der Waals surface area contributed by atoms with Crippen LogP contribution >= 0.6 is 0 Å². The number of Topliss-reactive ketones (excluding diaryl/α,β-unsaturated/α-hetero) is 2. The molecule has 1 heterocycles. The maximum atomic E-state index is 12.8. The minimum atomic E-state index is -0.607. The summed E-state index contributed by atoms with van der Waals surface area (Å²) in [6, 6.07) is 0. The summed E-state index contributed by atoms with van der Waals surface area (Å²) >= 11 is 0. The molecule has 0 bridgehead atoms. The molecule has 0 amide bonds. The molecular weight excluding hydrogens is 302 g/mol. The van der Waals surface area contributed by atoms with Crippen LogP contribution in [0.1, 0.15) is 61.8 Å². The predicted octanol–water partition coefficient (Wildman–Crippen LogP) is 4.12. The quantitative estimate of drug-likeness (QED) is 0.442. The molecular formula is C20H33NO3. The first-order valence-electron chi connectivity index (χ1n) is 8.57. The van der Waals surface area contributed by atoms with Crippen molar-refractivity contribution < 1.29 is 14.3 Å². The van der Waals surface area contributed by atoms with E-state index in [2.05, 4.69) is 0 Å². The average Bonchev–Trinajstić information content (AvgIpc) is 2.40. The number of allylic oxidation sites excluding steroid dienone is 3. The molecule has 0 aromatic rings. The molecule has 0 atom stereocenters. The Morgan fingerprint density at radius 3 is 1.92 bits per heavy atom. The number of carbonyl (C=O) groups is 2. The first-order chi connectivity index (χ1) is 10.6. The third-order valence-corrected chi connectivity index (χ3v) is 4.05. The van der Waals surface area contributed by atoms with Crippen LogP contribution < -0.4 is 0 Å². The van der Waals surface area contributed by atoms with E-state index in [4.69, 9.17) is 4.74 Å². The zero-order valence-electron chi connectivity index (χ0n) is 16.7. The van der Waals surface area contributed by atoms with Gasteiger partial charge in [0.05, 0.1) is 5.57 Å². The summed E-state index contributed by atoms with van der Waals surface area (Å²) in [4.78, 5) is 27.5. The van der Waals surface area contributed by atoms with Crippen molar-refractivity contribution in [1.82, 2.24) is 4.90 Å². The maximum Gasteiger partial charge on any atom is 0.189 e. The van der Waals surface area contributed by atoms with E-state index in [-0.39, 0.29) is 22.7 Å². The van der Waals surface area contributed by atoms with Gasteiger partial charge in [0.25, 0.3) is 0 Å². The number of rotatable bonds is 3. The summed E-state index contributed by atoms with van der Waals surface area (Å²) in [6.45, 7) is 16.0. The highest BCUT2D eigenvalue weighted by molar-refractivity contribution is 6.23. The van der Waals surface area contributed by atoms with Crippen molar-refractivity contribution in [3.05, 3.63) is 23.6 Å². The number of hydrogen-bond acceptors (Lipinski definition) is 4. The Morgan fingerprint density at radius 1 is 1.04 bits per heavy atom. The van der Waals surface area contributed by atoms with Crippen molar-refractivity contribution in [2.45, 2.75) is 67.4 Å². The van der Waals surface area contributed by atoms with Crippen LogP contribution in [0.25, 0.3) is 0 Å². The predicted molar refractivity (Wildman–Crippen MR) is 97.5 cm³/mol. The minimum absolute atomic E-state index is 0.142. The SMILES string of the molecule is CN1CCC(C)(C)O/C1=C\C=C(C(=O)C(C)(C)C)C(=O)C(C)(C)C. The second kappa shape index (κ2) is 6.73. The Hall–Kier alpha value is -1.58. The van der Waals surface area contributed by atoms with Crippen molar-refractivity contribution in [3.8, 4) is 0 Å². The number of nitrogens with zero attached hydrogens (tertiary/aromatic N) is 1. The standard InChI is InChI=1S/C20H33NO3/c1-18(2,3)16(22)14(17(23)19(4,5)6)10-11-15-21(9)13-12-20(7,8)24-15/h10-11H,12-13H2,1-9H3/b15-11-. The molecule has 0 aromatic heterocycles. The van der Waals surface area contributed by atoms with Gasteiger partial charge in [-0.15, -0.1) is 0 Å². The van der Waals surface area contributed by atoms with Crippen LogP contribution in [-0.2, 0) is 14.3 Å². The van der Waals surface area contributed by atoms with E-state index in [1.54, 1.807) is 12.2 Å². The van der Waals surface area contributed by atoms with Crippen LogP contribution in [0.2, 0.25) is 0 Å². The second-order valence-electron chi connectivity index (χ2n) is 9.28. The summed E-state index contributed by atoms with van der Waals surface area (Å²) in [6.07, 6.45) is 4.32. The molecule has 0 N–H and O–H groups in total. The fraction of sp³-hybridized carbons (Fsp3) is 0.700. The van der Waals surface area contributed by atoms with Gasteiger partial charge in [0.15, 0.2) is 17.4 Å². The Bertz CT molecular complexity index is 541. The third-order valence-electron chi connectivity index (χ3n) is 4.05. The largest absolute Gasteiger partial charge is 0.473 e. The molecule has 1 saturated heterocycles. The van der Waals surface area contributed by atoms with Crippen molar-refractivity contribution in [2.24, 2.45) is 10.8 Å². The summed E-state index contributed by atoms with van der Waals surface area (Å²) < 4.78 is 5.99. The monoisotopic (exact) mass is 335 g/mol. The lowest BCUT2D eigenvalue weighted by atomic mass is 9.78. The number of hydrogen-bond donors (Lipinski definition) is 0. The van der Waals surface area contributed by atoms with Crippen LogP contribution in [0.3, 0.4) is 0 Å². The minimum Gasteiger partial charge on any atom is -0.473 e. The molecule has 0 unspecified atom stereocenters. The van der Waals surface area contributed by atoms with E-state index >= 15 is 0 Å². The van der Waals surface area contributed by atoms with E-state index < -0.39 is 10.8 Å². The molecule has 0 aromatic carbocycles. The Labute approximate surface area is 146 Å². The summed E-state index contributed by atoms with van der Waals surface area (Å²) in [5, 5.41) is 0. The van der Waals surface area contributed by atoms with Gasteiger partial charge in [-0.2, -0.15) is 0 Å². The highest BCUT2D eigenvalue weighted by atomic mass is 16.5. The molecule has 0 spiro atoms. The van der Waals surface area contributed by atoms with E-state index in [0.29, 0.717) is 5.88 Å². The molecule has 4 heteroatoms. The lowest BCUT2D eigenvalue weighted by Gasteiger charge is -2.38. The Morgan fingerprint density at radius 2 is 1.50 bits per heavy atom. The van der Waals surface area contributed by atoms with Crippen LogP contribution in [0, 0.1) is 10.8 Å². The first kappa shape index (κ1) is 20.5. The third kappa shape index (κ3) is 5.22. The van der Waals surface area contributed by atoms with Gasteiger partial charge in [-0.25, -0.2) is 0 Å². The van der Waals surface area contributed by atoms with Gasteiger partial charge in [-0.1, -0.05) is 41.5 Å². The van der Waals surface area contributed by atoms with Gasteiger partial charge < -0.3 is 9.64 Å². The smallest absolute Gasteiger partial charge is 0.189 e. The van der Waals surface area contributed by atoms with Crippen LogP contribution in [-0.4, -0.2) is 35.7 Å². The second-order valence-corrected chi connectivity index (χ2v) is 9.28. The van der Waals surface area contributed by atoms with Crippen LogP contribution in [0.4, 0.5) is 0 Å². The number of ether oxygens (including phenoxy) is 1. The van der Waals surface area contributed by atoms with Gasteiger partial charge in [0, 0.05) is 30.8 Å². The first-order valence-corrected chi connectivity index (χ1v) is 8.57. The van der Waals surface area contributed by atoms with E-state index in [1.807, 2.05) is 67.3 Å². The Kier molecular flexibility index (Phi) is 5.74. The van der Waals surface area contributed by atoms with Crippen molar-refractivity contribution in [1.29, 1.82) is 0 Å². The van der Waals surface area contributed by atoms with E-state index in [9.17, 15) is 9.59 Å². The van der Waals surface area contributed by atoms with Crippen molar-refractivity contribution >= 4 is 11.6 Å². The molecule has 136 valence electrons. The van der Waals surface area contributed by atoms with Gasteiger partial charge >= 0.3 is 0 Å². The summed E-state index contributed by atoms with van der Waals surface area (Å²) in [7, 11) is 1.95. The van der Waals surface area contributed by atoms with Crippen molar-refractivity contribution in [3.63, 3.8) is 0 Å². The highest BCUT2D eigenvalue weighted by Gasteiger charge is 2.34. The van der Waals surface area contributed by atoms with Gasteiger partial charge in [0.2, 0.25) is 0 Å². The normalized spacial score (nSPS) is 19.7. The van der Waals surface area contributed by atoms with Gasteiger partial charge in [-0.05, 0) is 26.0 Å². The molecule has 0 saturated carbocycles. The number of carbonyl (C=O) groups excluding carboxylic acids is 2. The fourth-order valence-electron chi connectivity index (χ4n) is 2.34. The lowest BCUT2D eigenvalue weighted by molar-refractivity contribution is -0.129.